The van der Waals surface area contributed by atoms with E-state index in [0.29, 0.717) is 11.6 Å². The van der Waals surface area contributed by atoms with E-state index in [1.807, 2.05) is 19.1 Å². The third-order valence-electron chi connectivity index (χ3n) is 5.05. The summed E-state index contributed by atoms with van der Waals surface area (Å²) >= 11 is 0. The van der Waals surface area contributed by atoms with Gasteiger partial charge in [-0.3, -0.25) is 14.9 Å². The van der Waals surface area contributed by atoms with E-state index >= 15 is 0 Å². The SMILES string of the molecule is C/C(=N\NC(=O)c1cccc([N+](=O)[O-])c1)c1ccc(C2CCCCC2)cc1. The van der Waals surface area contributed by atoms with Crippen molar-refractivity contribution >= 4 is 17.3 Å². The largest absolute Gasteiger partial charge is 0.271 e. The van der Waals surface area contributed by atoms with Gasteiger partial charge >= 0.3 is 0 Å². The molecule has 0 saturated heterocycles. The Hall–Kier alpha value is -3.02. The quantitative estimate of drug-likeness (QED) is 0.469. The van der Waals surface area contributed by atoms with Gasteiger partial charge in [0.05, 0.1) is 10.6 Å². The number of non-ortho nitro benzene ring substituents is 1. The van der Waals surface area contributed by atoms with Crippen molar-refractivity contribution < 1.29 is 9.72 Å². The van der Waals surface area contributed by atoms with Gasteiger partial charge in [0.2, 0.25) is 0 Å². The number of hydrogen-bond donors (Lipinski definition) is 1. The van der Waals surface area contributed by atoms with Crippen molar-refractivity contribution in [1.29, 1.82) is 0 Å². The molecule has 0 heterocycles. The highest BCUT2D eigenvalue weighted by Gasteiger charge is 2.15. The van der Waals surface area contributed by atoms with Crippen LogP contribution in [0, 0.1) is 10.1 Å². The summed E-state index contributed by atoms with van der Waals surface area (Å²) in [5.74, 6) is 0.176. The second-order valence-electron chi connectivity index (χ2n) is 6.90. The lowest BCUT2D eigenvalue weighted by molar-refractivity contribution is -0.384. The van der Waals surface area contributed by atoms with Crippen molar-refractivity contribution in [2.24, 2.45) is 5.10 Å². The summed E-state index contributed by atoms with van der Waals surface area (Å²) in [7, 11) is 0. The maximum atomic E-state index is 12.2. The van der Waals surface area contributed by atoms with Crippen LogP contribution in [0.4, 0.5) is 5.69 Å². The number of hydrazone groups is 1. The van der Waals surface area contributed by atoms with Gasteiger partial charge in [0, 0.05) is 17.7 Å². The number of amides is 1. The highest BCUT2D eigenvalue weighted by atomic mass is 16.6. The Kier molecular flexibility index (Phi) is 5.96. The standard InChI is InChI=1S/C21H23N3O3/c1-15(16-10-12-18(13-11-16)17-6-3-2-4-7-17)22-23-21(25)19-8-5-9-20(14-19)24(26)27/h5,8-14,17H,2-4,6-7H2,1H3,(H,23,25)/b22-15+. The van der Waals surface area contributed by atoms with Crippen LogP contribution in [-0.4, -0.2) is 16.5 Å². The van der Waals surface area contributed by atoms with Crippen LogP contribution in [-0.2, 0) is 0 Å². The summed E-state index contributed by atoms with van der Waals surface area (Å²) in [6, 6.07) is 13.9. The molecule has 1 N–H and O–H groups in total. The van der Waals surface area contributed by atoms with Gasteiger partial charge in [-0.1, -0.05) is 49.6 Å². The van der Waals surface area contributed by atoms with Gasteiger partial charge in [-0.2, -0.15) is 5.10 Å². The predicted molar refractivity (Wildman–Crippen MR) is 105 cm³/mol. The normalized spacial score (nSPS) is 15.4. The van der Waals surface area contributed by atoms with Crippen molar-refractivity contribution in [3.05, 3.63) is 75.3 Å². The van der Waals surface area contributed by atoms with Crippen LogP contribution in [0.2, 0.25) is 0 Å². The monoisotopic (exact) mass is 365 g/mol. The fourth-order valence-electron chi connectivity index (χ4n) is 3.46. The average molecular weight is 365 g/mol. The fraction of sp³-hybridized carbons (Fsp3) is 0.333. The molecule has 1 aliphatic rings. The lowest BCUT2D eigenvalue weighted by atomic mass is 9.84. The number of rotatable bonds is 5. The topological polar surface area (TPSA) is 84.6 Å². The van der Waals surface area contributed by atoms with Crippen molar-refractivity contribution in [2.45, 2.75) is 44.9 Å². The summed E-state index contributed by atoms with van der Waals surface area (Å²) in [5.41, 5.74) is 5.54. The minimum absolute atomic E-state index is 0.123. The number of carbonyl (C=O) groups is 1. The first kappa shape index (κ1) is 18.8. The molecule has 2 aromatic carbocycles. The molecule has 0 atom stereocenters. The molecule has 0 aromatic heterocycles. The molecule has 3 rings (SSSR count). The first-order valence-electron chi connectivity index (χ1n) is 9.24. The molecule has 0 spiro atoms. The van der Waals surface area contributed by atoms with Gasteiger partial charge in [-0.25, -0.2) is 5.43 Å². The van der Waals surface area contributed by atoms with E-state index in [-0.39, 0.29) is 11.3 Å². The molecule has 6 nitrogen and oxygen atoms in total. The van der Waals surface area contributed by atoms with Crippen LogP contribution in [0.1, 0.15) is 66.4 Å². The second kappa shape index (κ2) is 8.58. The van der Waals surface area contributed by atoms with Gasteiger partial charge in [-0.15, -0.1) is 0 Å². The van der Waals surface area contributed by atoms with E-state index in [0.717, 1.165) is 5.56 Å². The Morgan fingerprint density at radius 2 is 1.78 bits per heavy atom. The molecule has 27 heavy (non-hydrogen) atoms. The average Bonchev–Trinajstić information content (AvgIpc) is 2.72. The third-order valence-corrected chi connectivity index (χ3v) is 5.05. The number of hydrogen-bond acceptors (Lipinski definition) is 4. The van der Waals surface area contributed by atoms with E-state index in [1.54, 1.807) is 0 Å². The van der Waals surface area contributed by atoms with Crippen molar-refractivity contribution in [2.75, 3.05) is 0 Å². The zero-order valence-corrected chi connectivity index (χ0v) is 15.4. The first-order chi connectivity index (χ1) is 13.0. The minimum atomic E-state index is -0.529. The van der Waals surface area contributed by atoms with Gasteiger partial charge in [0.25, 0.3) is 11.6 Å². The van der Waals surface area contributed by atoms with Crippen molar-refractivity contribution in [3.63, 3.8) is 0 Å². The zero-order valence-electron chi connectivity index (χ0n) is 15.4. The van der Waals surface area contributed by atoms with Gasteiger partial charge in [0.1, 0.15) is 0 Å². The molecule has 0 aliphatic heterocycles. The van der Waals surface area contributed by atoms with E-state index in [4.69, 9.17) is 0 Å². The Balaban J connectivity index is 1.65. The molecule has 1 fully saturated rings. The van der Waals surface area contributed by atoms with Crippen molar-refractivity contribution in [1.82, 2.24) is 5.43 Å². The Labute approximate surface area is 158 Å². The number of nitrogens with one attached hydrogen (secondary N) is 1. The highest BCUT2D eigenvalue weighted by molar-refractivity contribution is 6.01. The second-order valence-corrected chi connectivity index (χ2v) is 6.90. The van der Waals surface area contributed by atoms with Crippen LogP contribution < -0.4 is 5.43 Å². The van der Waals surface area contributed by atoms with Gasteiger partial charge < -0.3 is 0 Å². The summed E-state index contributed by atoms with van der Waals surface area (Å²) in [5, 5.41) is 14.9. The Morgan fingerprint density at radius 3 is 2.44 bits per heavy atom. The fourth-order valence-corrected chi connectivity index (χ4v) is 3.46. The molecule has 0 bridgehead atoms. The van der Waals surface area contributed by atoms with Crippen LogP contribution >= 0.6 is 0 Å². The van der Waals surface area contributed by atoms with E-state index in [2.05, 4.69) is 22.7 Å². The molecule has 2 aromatic rings. The molecule has 1 aliphatic carbocycles. The molecule has 0 radical (unpaired) electrons. The predicted octanol–water partition coefficient (Wildman–Crippen LogP) is 4.80. The van der Waals surface area contributed by atoms with Crippen molar-refractivity contribution in [3.8, 4) is 0 Å². The van der Waals surface area contributed by atoms with Crippen LogP contribution in [0.15, 0.2) is 53.6 Å². The number of nitrogens with zero attached hydrogens (tertiary/aromatic N) is 2. The van der Waals surface area contributed by atoms with Crippen LogP contribution in [0.25, 0.3) is 0 Å². The third kappa shape index (κ3) is 4.78. The molecule has 1 saturated carbocycles. The van der Waals surface area contributed by atoms with E-state index < -0.39 is 10.8 Å². The summed E-state index contributed by atoms with van der Waals surface area (Å²) in [6.45, 7) is 1.82. The van der Waals surface area contributed by atoms with Crippen LogP contribution in [0.3, 0.4) is 0 Å². The summed E-state index contributed by atoms with van der Waals surface area (Å²) < 4.78 is 0. The molecule has 6 heteroatoms. The smallest absolute Gasteiger partial charge is 0.267 e. The molecular weight excluding hydrogens is 342 g/mol. The van der Waals surface area contributed by atoms with Crippen LogP contribution in [0.5, 0.6) is 0 Å². The lowest BCUT2D eigenvalue weighted by Gasteiger charge is -2.22. The van der Waals surface area contributed by atoms with Gasteiger partial charge in [0.15, 0.2) is 0 Å². The molecule has 0 unspecified atom stereocenters. The summed E-state index contributed by atoms with van der Waals surface area (Å²) in [6.07, 6.45) is 6.45. The number of nitro benzene ring substituents is 1. The zero-order chi connectivity index (χ0) is 19.2. The molecular formula is C21H23N3O3. The van der Waals surface area contributed by atoms with Gasteiger partial charge in [-0.05, 0) is 42.9 Å². The number of nitro groups is 1. The lowest BCUT2D eigenvalue weighted by Crippen LogP contribution is -2.19. The minimum Gasteiger partial charge on any atom is -0.267 e. The molecule has 140 valence electrons. The van der Waals surface area contributed by atoms with E-state index in [1.165, 1.54) is 61.9 Å². The Morgan fingerprint density at radius 1 is 1.07 bits per heavy atom. The number of benzene rings is 2. The maximum Gasteiger partial charge on any atom is 0.271 e. The van der Waals surface area contributed by atoms with E-state index in [9.17, 15) is 14.9 Å². The Bertz CT molecular complexity index is 853. The highest BCUT2D eigenvalue weighted by Crippen LogP contribution is 2.32. The first-order valence-corrected chi connectivity index (χ1v) is 9.24. The summed E-state index contributed by atoms with van der Waals surface area (Å²) in [4.78, 5) is 22.5. The number of carbonyl (C=O) groups excluding carboxylic acids is 1. The molecule has 1 amide bonds. The maximum absolute atomic E-state index is 12.2.